The number of rotatable bonds is 3. The average molecular weight is 310 g/mol. The first-order valence-corrected chi connectivity index (χ1v) is 7.67. The Morgan fingerprint density at radius 1 is 0.826 bits per heavy atom. The average Bonchev–Trinajstić information content (AvgIpc) is 2.51. The molecule has 23 heavy (non-hydrogen) atoms. The Morgan fingerprint density at radius 3 is 2.00 bits per heavy atom. The van der Waals surface area contributed by atoms with Gasteiger partial charge in [-0.2, -0.15) is 0 Å². The molecule has 120 valence electrons. The molecule has 0 radical (unpaired) electrons. The first-order chi connectivity index (χ1) is 10.9. The van der Waals surface area contributed by atoms with Crippen LogP contribution < -0.4 is 10.6 Å². The summed E-state index contributed by atoms with van der Waals surface area (Å²) in [6, 6.07) is 13.2. The summed E-state index contributed by atoms with van der Waals surface area (Å²) in [6.07, 6.45) is 0. The molecule has 0 atom stereocenters. The summed E-state index contributed by atoms with van der Waals surface area (Å²) in [5.74, 6) is -1.07. The SMILES string of the molecule is Cc1cccc(C)c1NC(=O)C(=O)Nc1ccccc1C(C)C. The van der Waals surface area contributed by atoms with Gasteiger partial charge in [-0.15, -0.1) is 0 Å². The number of hydrogen-bond donors (Lipinski definition) is 2. The van der Waals surface area contributed by atoms with Gasteiger partial charge in [0.2, 0.25) is 0 Å². The quantitative estimate of drug-likeness (QED) is 0.842. The molecular formula is C19H22N2O2. The molecule has 0 bridgehead atoms. The predicted octanol–water partition coefficient (Wildman–Crippen LogP) is 4.00. The molecule has 0 saturated heterocycles. The van der Waals surface area contributed by atoms with Gasteiger partial charge >= 0.3 is 11.8 Å². The Labute approximate surface area is 136 Å². The third kappa shape index (κ3) is 3.97. The second-order valence-electron chi connectivity index (χ2n) is 5.92. The smallest absolute Gasteiger partial charge is 0.314 e. The van der Waals surface area contributed by atoms with E-state index in [-0.39, 0.29) is 5.92 Å². The fourth-order valence-corrected chi connectivity index (χ4v) is 2.48. The minimum atomic E-state index is -0.666. The number of para-hydroxylation sites is 2. The van der Waals surface area contributed by atoms with Crippen molar-refractivity contribution in [3.05, 3.63) is 59.2 Å². The zero-order valence-electron chi connectivity index (χ0n) is 13.9. The molecule has 0 unspecified atom stereocenters. The minimum Gasteiger partial charge on any atom is -0.318 e. The van der Waals surface area contributed by atoms with Gasteiger partial charge in [0, 0.05) is 11.4 Å². The largest absolute Gasteiger partial charge is 0.318 e. The van der Waals surface area contributed by atoms with Crippen LogP contribution in [0.3, 0.4) is 0 Å². The van der Waals surface area contributed by atoms with Crippen LogP contribution in [0.5, 0.6) is 0 Å². The summed E-state index contributed by atoms with van der Waals surface area (Å²) in [7, 11) is 0. The molecule has 2 rings (SSSR count). The van der Waals surface area contributed by atoms with Crippen LogP contribution in [0.15, 0.2) is 42.5 Å². The molecule has 0 fully saturated rings. The van der Waals surface area contributed by atoms with E-state index >= 15 is 0 Å². The first kappa shape index (κ1) is 16.7. The van der Waals surface area contributed by atoms with Crippen molar-refractivity contribution in [2.75, 3.05) is 10.6 Å². The topological polar surface area (TPSA) is 58.2 Å². The Kier molecular flexibility index (Phi) is 5.16. The molecule has 0 saturated carbocycles. The molecule has 2 aromatic rings. The van der Waals surface area contributed by atoms with E-state index < -0.39 is 11.8 Å². The van der Waals surface area contributed by atoms with Crippen LogP contribution in [-0.4, -0.2) is 11.8 Å². The van der Waals surface area contributed by atoms with Crippen LogP contribution in [-0.2, 0) is 9.59 Å². The minimum absolute atomic E-state index is 0.258. The van der Waals surface area contributed by atoms with Crippen molar-refractivity contribution in [3.8, 4) is 0 Å². The van der Waals surface area contributed by atoms with Gasteiger partial charge in [-0.3, -0.25) is 9.59 Å². The Balaban J connectivity index is 2.14. The van der Waals surface area contributed by atoms with Crippen molar-refractivity contribution in [3.63, 3.8) is 0 Å². The number of hydrogen-bond acceptors (Lipinski definition) is 2. The molecule has 0 spiro atoms. The third-order valence-corrected chi connectivity index (χ3v) is 3.76. The molecule has 4 nitrogen and oxygen atoms in total. The van der Waals surface area contributed by atoms with Gasteiger partial charge in [0.15, 0.2) is 0 Å². The zero-order valence-corrected chi connectivity index (χ0v) is 13.9. The van der Waals surface area contributed by atoms with E-state index in [1.165, 1.54) is 0 Å². The lowest BCUT2D eigenvalue weighted by atomic mass is 10.0. The normalized spacial score (nSPS) is 10.5. The predicted molar refractivity (Wildman–Crippen MR) is 93.7 cm³/mol. The molecule has 4 heteroatoms. The maximum Gasteiger partial charge on any atom is 0.314 e. The van der Waals surface area contributed by atoms with Gasteiger partial charge in [0.1, 0.15) is 0 Å². The maximum absolute atomic E-state index is 12.2. The molecule has 0 heterocycles. The van der Waals surface area contributed by atoms with Crippen LogP contribution in [0, 0.1) is 13.8 Å². The number of amides is 2. The fourth-order valence-electron chi connectivity index (χ4n) is 2.48. The Morgan fingerprint density at radius 2 is 1.39 bits per heavy atom. The van der Waals surface area contributed by atoms with Crippen LogP contribution in [0.25, 0.3) is 0 Å². The molecule has 0 aromatic heterocycles. The highest BCUT2D eigenvalue weighted by molar-refractivity contribution is 6.43. The number of carbonyl (C=O) groups excluding carboxylic acids is 2. The summed E-state index contributed by atoms with van der Waals surface area (Å²) in [6.45, 7) is 7.88. The van der Waals surface area contributed by atoms with E-state index in [1.807, 2.05) is 64.1 Å². The second-order valence-corrected chi connectivity index (χ2v) is 5.92. The highest BCUT2D eigenvalue weighted by Gasteiger charge is 2.17. The van der Waals surface area contributed by atoms with E-state index in [2.05, 4.69) is 10.6 Å². The summed E-state index contributed by atoms with van der Waals surface area (Å²) >= 11 is 0. The summed E-state index contributed by atoms with van der Waals surface area (Å²) < 4.78 is 0. The van der Waals surface area contributed by atoms with Crippen molar-refractivity contribution in [1.82, 2.24) is 0 Å². The lowest BCUT2D eigenvalue weighted by molar-refractivity contribution is -0.133. The highest BCUT2D eigenvalue weighted by atomic mass is 16.2. The molecule has 2 N–H and O–H groups in total. The number of aryl methyl sites for hydroxylation is 2. The second kappa shape index (κ2) is 7.09. The number of anilines is 2. The standard InChI is InChI=1S/C19H22N2O2/c1-12(2)15-10-5-6-11-16(15)20-18(22)19(23)21-17-13(3)8-7-9-14(17)4/h5-12H,1-4H3,(H,20,22)(H,21,23). The van der Waals surface area contributed by atoms with Gasteiger partial charge < -0.3 is 10.6 Å². The van der Waals surface area contributed by atoms with Crippen molar-refractivity contribution in [1.29, 1.82) is 0 Å². The van der Waals surface area contributed by atoms with E-state index in [0.717, 1.165) is 16.7 Å². The molecule has 0 aliphatic carbocycles. The van der Waals surface area contributed by atoms with E-state index in [4.69, 9.17) is 0 Å². The maximum atomic E-state index is 12.2. The van der Waals surface area contributed by atoms with Gasteiger partial charge in [0.05, 0.1) is 0 Å². The monoisotopic (exact) mass is 310 g/mol. The number of carbonyl (C=O) groups is 2. The molecule has 0 aliphatic rings. The van der Waals surface area contributed by atoms with Crippen molar-refractivity contribution in [2.45, 2.75) is 33.6 Å². The molecule has 2 amide bonds. The van der Waals surface area contributed by atoms with Gasteiger partial charge in [-0.25, -0.2) is 0 Å². The summed E-state index contributed by atoms with van der Waals surface area (Å²) in [5, 5.41) is 5.40. The zero-order chi connectivity index (χ0) is 17.0. The Bertz CT molecular complexity index is 716. The van der Waals surface area contributed by atoms with Gasteiger partial charge in [-0.05, 0) is 42.5 Å². The third-order valence-electron chi connectivity index (χ3n) is 3.76. The van der Waals surface area contributed by atoms with Crippen molar-refractivity contribution in [2.24, 2.45) is 0 Å². The lowest BCUT2D eigenvalue weighted by Crippen LogP contribution is -2.30. The highest BCUT2D eigenvalue weighted by Crippen LogP contribution is 2.24. The van der Waals surface area contributed by atoms with Crippen LogP contribution in [0.2, 0.25) is 0 Å². The van der Waals surface area contributed by atoms with Crippen LogP contribution in [0.1, 0.15) is 36.5 Å². The fraction of sp³-hybridized carbons (Fsp3) is 0.263. The van der Waals surface area contributed by atoms with E-state index in [1.54, 1.807) is 6.07 Å². The molecular weight excluding hydrogens is 288 g/mol. The Hall–Kier alpha value is -2.62. The summed E-state index contributed by atoms with van der Waals surface area (Å²) in [5.41, 5.74) is 4.21. The van der Waals surface area contributed by atoms with E-state index in [9.17, 15) is 9.59 Å². The van der Waals surface area contributed by atoms with Crippen molar-refractivity contribution < 1.29 is 9.59 Å². The molecule has 2 aromatic carbocycles. The molecule has 0 aliphatic heterocycles. The number of nitrogens with one attached hydrogen (secondary N) is 2. The van der Waals surface area contributed by atoms with Gasteiger partial charge in [0.25, 0.3) is 0 Å². The summed E-state index contributed by atoms with van der Waals surface area (Å²) in [4.78, 5) is 24.4. The van der Waals surface area contributed by atoms with Gasteiger partial charge in [-0.1, -0.05) is 50.2 Å². The lowest BCUT2D eigenvalue weighted by Gasteiger charge is -2.14. The van der Waals surface area contributed by atoms with Crippen LogP contribution in [0.4, 0.5) is 11.4 Å². The van der Waals surface area contributed by atoms with E-state index in [0.29, 0.717) is 11.4 Å². The first-order valence-electron chi connectivity index (χ1n) is 7.67. The van der Waals surface area contributed by atoms with Crippen molar-refractivity contribution >= 4 is 23.2 Å². The number of benzene rings is 2. The van der Waals surface area contributed by atoms with Crippen LogP contribution >= 0.6 is 0 Å².